The van der Waals surface area contributed by atoms with Crippen LogP contribution in [0.2, 0.25) is 0 Å². The van der Waals surface area contributed by atoms with E-state index in [0.29, 0.717) is 23.9 Å². The average Bonchev–Trinajstić information content (AvgIpc) is 2.44. The Balaban J connectivity index is 0. The van der Waals surface area contributed by atoms with Crippen LogP contribution in [0.1, 0.15) is 39.0 Å². The van der Waals surface area contributed by atoms with E-state index in [1.54, 1.807) is 6.08 Å². The Bertz CT molecular complexity index is 394. The van der Waals surface area contributed by atoms with Crippen molar-refractivity contribution in [3.05, 3.63) is 12.7 Å². The number of phosphoric ester groups is 1. The Morgan fingerprint density at radius 1 is 1.36 bits per heavy atom. The van der Waals surface area contributed by atoms with Crippen molar-refractivity contribution in [1.82, 2.24) is 0 Å². The first-order valence-corrected chi connectivity index (χ1v) is 9.92. The molecule has 9 heteroatoms. The highest BCUT2D eigenvalue weighted by atomic mass is 31.2. The molecule has 0 aliphatic carbocycles. The molecule has 0 aromatic rings. The quantitative estimate of drug-likeness (QED) is 0.165. The molecule has 4 N–H and O–H groups in total. The maximum Gasteiger partial charge on any atom is 0.265 e. The van der Waals surface area contributed by atoms with Crippen LogP contribution in [0, 0.1) is 0 Å². The summed E-state index contributed by atoms with van der Waals surface area (Å²) in [6, 6.07) is 0. The lowest BCUT2D eigenvalue weighted by atomic mass is 9.87. The number of hydrogen-bond donors (Lipinski definition) is 4. The van der Waals surface area contributed by atoms with E-state index in [2.05, 4.69) is 18.0 Å². The van der Waals surface area contributed by atoms with E-state index >= 15 is 0 Å². The number of likely N-dealkylation sites (N-methyl/N-ethyl adjacent to an activating group) is 1. The van der Waals surface area contributed by atoms with Crippen molar-refractivity contribution in [2.24, 2.45) is 0 Å². The molecular formula is C16H36NO7P. The lowest BCUT2D eigenvalue weighted by Gasteiger charge is -2.31. The zero-order valence-electron chi connectivity index (χ0n) is 15.9. The predicted octanol–water partition coefficient (Wildman–Crippen LogP) is 0.397. The molecule has 25 heavy (non-hydrogen) atoms. The molecule has 0 aliphatic rings. The van der Waals surface area contributed by atoms with Gasteiger partial charge in [0.1, 0.15) is 19.3 Å². The number of quaternary nitrogens is 1. The monoisotopic (exact) mass is 385 g/mol. The molecule has 0 radical (unpaired) electrons. The van der Waals surface area contributed by atoms with Gasteiger partial charge < -0.3 is 34.1 Å². The fraction of sp³-hybridized carbons (Fsp3) is 0.875. The van der Waals surface area contributed by atoms with Crippen molar-refractivity contribution in [2.75, 3.05) is 40.9 Å². The van der Waals surface area contributed by atoms with Crippen LogP contribution in [-0.2, 0) is 9.09 Å². The number of aliphatic hydroxyl groups excluding tert-OH is 2. The molecule has 0 heterocycles. The molecule has 0 rings (SSSR count). The van der Waals surface area contributed by atoms with Crippen molar-refractivity contribution in [3.63, 3.8) is 0 Å². The Morgan fingerprint density at radius 2 is 1.92 bits per heavy atom. The Labute approximate surface area is 151 Å². The normalized spacial score (nSPS) is 17.6. The molecule has 0 aliphatic heterocycles. The summed E-state index contributed by atoms with van der Waals surface area (Å²) in [5.74, 6) is 0. The second kappa shape index (κ2) is 12.9. The first-order chi connectivity index (χ1) is 11.3. The second-order valence-corrected chi connectivity index (χ2v) is 8.26. The van der Waals surface area contributed by atoms with Gasteiger partial charge in [-0.3, -0.25) is 4.57 Å². The highest BCUT2D eigenvalue weighted by molar-refractivity contribution is 7.44. The van der Waals surface area contributed by atoms with Gasteiger partial charge in [-0.05, 0) is 12.8 Å². The summed E-state index contributed by atoms with van der Waals surface area (Å²) in [5.41, 5.74) is -1.20. The highest BCUT2D eigenvalue weighted by Gasteiger charge is 2.33. The maximum atomic E-state index is 10.1. The lowest BCUT2D eigenvalue weighted by Crippen LogP contribution is -2.44. The van der Waals surface area contributed by atoms with Crippen LogP contribution in [-0.4, -0.2) is 77.3 Å². The third kappa shape index (κ3) is 16.9. The third-order valence-corrected chi connectivity index (χ3v) is 4.03. The van der Waals surface area contributed by atoms with Gasteiger partial charge in [0.05, 0.1) is 33.4 Å². The lowest BCUT2D eigenvalue weighted by molar-refractivity contribution is -0.870. The van der Waals surface area contributed by atoms with Crippen LogP contribution in [0.25, 0.3) is 0 Å². The Kier molecular flexibility index (Phi) is 13.9. The van der Waals surface area contributed by atoms with Crippen LogP contribution in [0.4, 0.5) is 0 Å². The first kappa shape index (κ1) is 26.9. The summed E-state index contributed by atoms with van der Waals surface area (Å²) in [5, 5.41) is 28.3. The van der Waals surface area contributed by atoms with E-state index in [1.807, 2.05) is 21.1 Å². The number of nitrogens with zero attached hydrogens (tertiary/aromatic N) is 1. The summed E-state index contributed by atoms with van der Waals surface area (Å²) < 4.78 is 14.8. The van der Waals surface area contributed by atoms with Crippen molar-refractivity contribution in [3.8, 4) is 0 Å². The van der Waals surface area contributed by atoms with E-state index < -0.39 is 26.1 Å². The zero-order valence-corrected chi connectivity index (χ0v) is 16.8. The topological polar surface area (TPSA) is 130 Å². The van der Waals surface area contributed by atoms with Gasteiger partial charge in [-0.2, -0.15) is 0 Å². The van der Waals surface area contributed by atoms with Gasteiger partial charge in [0.25, 0.3) is 7.82 Å². The zero-order chi connectivity index (χ0) is 20.1. The van der Waals surface area contributed by atoms with Crippen LogP contribution in [0.15, 0.2) is 12.7 Å². The smallest absolute Gasteiger partial charge is 0.265 e. The van der Waals surface area contributed by atoms with Crippen molar-refractivity contribution >= 4 is 7.82 Å². The molecule has 1 unspecified atom stereocenters. The molecule has 0 amide bonds. The van der Waals surface area contributed by atoms with Gasteiger partial charge in [-0.25, -0.2) is 0 Å². The van der Waals surface area contributed by atoms with E-state index in [4.69, 9.17) is 10.00 Å². The predicted molar refractivity (Wildman–Crippen MR) is 95.7 cm³/mol. The highest BCUT2D eigenvalue weighted by Crippen LogP contribution is 2.29. The van der Waals surface area contributed by atoms with Gasteiger partial charge >= 0.3 is 0 Å². The van der Waals surface area contributed by atoms with Gasteiger partial charge in [0, 0.05) is 0 Å². The largest absolute Gasteiger partial charge is 0.756 e. The van der Waals surface area contributed by atoms with Crippen LogP contribution < -0.4 is 4.89 Å². The summed E-state index contributed by atoms with van der Waals surface area (Å²) >= 11 is 0. The average molecular weight is 385 g/mol. The number of unbranched alkanes of at least 4 members (excludes halogenated alkanes) is 2. The minimum absolute atomic E-state index is 0.0147. The van der Waals surface area contributed by atoms with E-state index in [1.165, 1.54) is 0 Å². The Hall–Kier alpha value is -0.310. The number of hydrogen-bond acceptors (Lipinski definition) is 6. The summed E-state index contributed by atoms with van der Waals surface area (Å²) in [6.07, 6.45) is 4.28. The molecule has 0 aromatic carbocycles. The van der Waals surface area contributed by atoms with Gasteiger partial charge in [-0.15, -0.1) is 6.58 Å². The van der Waals surface area contributed by atoms with Crippen molar-refractivity contribution in [2.45, 2.75) is 50.7 Å². The standard InChI is InChI=1S/C11H22O3.C5H14NO4P/c1-3-5-6-8-11(14,7-4-2)10(13)9-12;1-6(2,3)4-5-10-11(7,8)9/h4,10,12-14H,2-3,5-9H2,1H3;4-5H2,1-3H3,(H-,7,8,9)/t10-,11+;/m0./s1. The Morgan fingerprint density at radius 3 is 2.28 bits per heavy atom. The van der Waals surface area contributed by atoms with Gasteiger partial charge in [-0.1, -0.05) is 32.3 Å². The third-order valence-electron chi connectivity index (χ3n) is 3.52. The van der Waals surface area contributed by atoms with Crippen LogP contribution in [0.3, 0.4) is 0 Å². The van der Waals surface area contributed by atoms with Crippen LogP contribution >= 0.6 is 7.82 Å². The molecule has 8 nitrogen and oxygen atoms in total. The fourth-order valence-corrected chi connectivity index (χ4v) is 2.25. The van der Waals surface area contributed by atoms with Gasteiger partial charge in [0.2, 0.25) is 0 Å². The summed E-state index contributed by atoms with van der Waals surface area (Å²) in [7, 11) is 1.19. The van der Waals surface area contributed by atoms with E-state index in [-0.39, 0.29) is 6.61 Å². The minimum atomic E-state index is -4.51. The second-order valence-electron chi connectivity index (χ2n) is 7.07. The SMILES string of the molecule is C=CC[C@@](O)(CCCCC)[C@@H](O)CO.C[N+](C)(C)CCOP(=O)([O-])O. The maximum absolute atomic E-state index is 10.1. The number of rotatable bonds is 12. The number of phosphoric acid groups is 1. The van der Waals surface area contributed by atoms with Crippen molar-refractivity contribution in [1.29, 1.82) is 0 Å². The number of aliphatic hydroxyl groups is 3. The molecule has 0 bridgehead atoms. The first-order valence-electron chi connectivity index (χ1n) is 8.42. The molecule has 152 valence electrons. The molecule has 0 spiro atoms. The molecule has 0 fully saturated rings. The summed E-state index contributed by atoms with van der Waals surface area (Å²) in [6.45, 7) is 5.76. The summed E-state index contributed by atoms with van der Waals surface area (Å²) in [4.78, 5) is 18.3. The van der Waals surface area contributed by atoms with Crippen LogP contribution in [0.5, 0.6) is 0 Å². The fourth-order valence-electron chi connectivity index (χ4n) is 1.94. The van der Waals surface area contributed by atoms with Crippen molar-refractivity contribution < 1.29 is 38.7 Å². The van der Waals surface area contributed by atoms with Gasteiger partial charge in [0.15, 0.2) is 0 Å². The molecule has 0 aromatic heterocycles. The minimum Gasteiger partial charge on any atom is -0.756 e. The molecule has 0 saturated carbocycles. The van der Waals surface area contributed by atoms with E-state index in [9.17, 15) is 19.7 Å². The molecule has 0 saturated heterocycles. The van der Waals surface area contributed by atoms with E-state index in [0.717, 1.165) is 19.3 Å². The molecule has 3 atom stereocenters. The molecular weight excluding hydrogens is 349 g/mol.